The van der Waals surface area contributed by atoms with Crippen molar-refractivity contribution in [2.75, 3.05) is 18.0 Å². The van der Waals surface area contributed by atoms with Crippen molar-refractivity contribution in [2.24, 2.45) is 5.41 Å². The fourth-order valence-electron chi connectivity index (χ4n) is 3.37. The van der Waals surface area contributed by atoms with Crippen molar-refractivity contribution >= 4 is 27.6 Å². The minimum Gasteiger partial charge on any atom is -0.461 e. The molecule has 1 atom stereocenters. The third-order valence-corrected chi connectivity index (χ3v) is 5.83. The SMILES string of the molecule is CC(C)OC(=O)[C@@H](OC(C)(C)C)c1cnc(CO)c(Br)c1N1CCC(C)(C)CC1. The first kappa shape index (κ1) is 24.1. The number of esters is 1. The molecule has 1 N–H and O–H groups in total. The van der Waals surface area contributed by atoms with E-state index in [1.807, 2.05) is 34.6 Å². The minimum absolute atomic E-state index is 0.186. The lowest BCUT2D eigenvalue weighted by Crippen LogP contribution is -2.39. The van der Waals surface area contributed by atoms with Gasteiger partial charge in [-0.3, -0.25) is 4.98 Å². The zero-order valence-corrected chi connectivity index (χ0v) is 20.3. The Kier molecular flexibility index (Phi) is 7.74. The largest absolute Gasteiger partial charge is 0.461 e. The molecule has 7 heteroatoms. The summed E-state index contributed by atoms with van der Waals surface area (Å²) < 4.78 is 12.4. The van der Waals surface area contributed by atoms with E-state index in [0.717, 1.165) is 31.6 Å². The molecular formula is C22H35BrN2O4. The van der Waals surface area contributed by atoms with Gasteiger partial charge in [0, 0.05) is 24.8 Å². The molecule has 0 unspecified atom stereocenters. The summed E-state index contributed by atoms with van der Waals surface area (Å²) in [6.07, 6.45) is 2.57. The molecular weight excluding hydrogens is 436 g/mol. The van der Waals surface area contributed by atoms with Crippen LogP contribution in [-0.4, -0.2) is 40.9 Å². The maximum atomic E-state index is 13.0. The van der Waals surface area contributed by atoms with Gasteiger partial charge >= 0.3 is 5.97 Å². The van der Waals surface area contributed by atoms with Gasteiger partial charge < -0.3 is 19.5 Å². The molecule has 2 heterocycles. The number of nitrogens with zero attached hydrogens (tertiary/aromatic N) is 2. The molecule has 6 nitrogen and oxygen atoms in total. The molecule has 0 aromatic carbocycles. The maximum absolute atomic E-state index is 13.0. The van der Waals surface area contributed by atoms with Crippen molar-refractivity contribution in [3.63, 3.8) is 0 Å². The third-order valence-electron chi connectivity index (χ3n) is 5.00. The lowest BCUT2D eigenvalue weighted by atomic mass is 9.82. The second-order valence-electron chi connectivity index (χ2n) is 9.73. The first-order valence-electron chi connectivity index (χ1n) is 10.3. The predicted molar refractivity (Wildman–Crippen MR) is 118 cm³/mol. The number of hydrogen-bond acceptors (Lipinski definition) is 6. The highest BCUT2D eigenvalue weighted by Crippen LogP contribution is 2.42. The summed E-state index contributed by atoms with van der Waals surface area (Å²) in [5, 5.41) is 9.73. The zero-order valence-electron chi connectivity index (χ0n) is 18.7. The Hall–Kier alpha value is -1.18. The van der Waals surface area contributed by atoms with Gasteiger partial charge in [-0.1, -0.05) is 13.8 Å². The van der Waals surface area contributed by atoms with Crippen LogP contribution in [0.25, 0.3) is 0 Å². The number of ether oxygens (including phenoxy) is 2. The molecule has 1 saturated heterocycles. The molecule has 29 heavy (non-hydrogen) atoms. The van der Waals surface area contributed by atoms with Gasteiger partial charge in [-0.2, -0.15) is 0 Å². The number of carbonyl (C=O) groups is 1. The van der Waals surface area contributed by atoms with Gasteiger partial charge in [-0.25, -0.2) is 4.79 Å². The number of piperidine rings is 1. The second kappa shape index (κ2) is 9.31. The molecule has 2 rings (SSSR count). The van der Waals surface area contributed by atoms with Crippen LogP contribution in [0.2, 0.25) is 0 Å². The summed E-state index contributed by atoms with van der Waals surface area (Å²) in [4.78, 5) is 19.6. The maximum Gasteiger partial charge on any atom is 0.340 e. The van der Waals surface area contributed by atoms with Crippen molar-refractivity contribution < 1.29 is 19.4 Å². The van der Waals surface area contributed by atoms with Crippen molar-refractivity contribution in [3.05, 3.63) is 21.9 Å². The van der Waals surface area contributed by atoms with Crippen LogP contribution in [0.5, 0.6) is 0 Å². The molecule has 1 aromatic heterocycles. The number of pyridine rings is 1. The Bertz CT molecular complexity index is 718. The Balaban J connectivity index is 2.55. The van der Waals surface area contributed by atoms with Crippen LogP contribution in [-0.2, 0) is 20.9 Å². The van der Waals surface area contributed by atoms with E-state index in [0.29, 0.717) is 15.7 Å². The number of carbonyl (C=O) groups excluding carboxylic acids is 1. The van der Waals surface area contributed by atoms with Gasteiger partial charge in [0.05, 0.1) is 34.2 Å². The van der Waals surface area contributed by atoms with Crippen molar-refractivity contribution in [1.82, 2.24) is 4.98 Å². The first-order valence-corrected chi connectivity index (χ1v) is 11.1. The zero-order chi connectivity index (χ0) is 22.0. The average Bonchev–Trinajstić information content (AvgIpc) is 2.58. The van der Waals surface area contributed by atoms with E-state index < -0.39 is 17.7 Å². The number of halogens is 1. The molecule has 164 valence electrons. The smallest absolute Gasteiger partial charge is 0.340 e. The standard InChI is InChI=1S/C22H35BrN2O4/c1-14(2)28-20(27)19(29-21(3,4)5)15-12-24-16(13-26)17(23)18(15)25-10-8-22(6,7)9-11-25/h12,14,19,26H,8-11,13H2,1-7H3/t19-/m0/s1. The van der Waals surface area contributed by atoms with E-state index in [9.17, 15) is 9.90 Å². The molecule has 1 aliphatic rings. The van der Waals surface area contributed by atoms with E-state index in [-0.39, 0.29) is 18.1 Å². The van der Waals surface area contributed by atoms with Crippen LogP contribution in [0.1, 0.15) is 78.7 Å². The molecule has 1 fully saturated rings. The molecule has 0 aliphatic carbocycles. The van der Waals surface area contributed by atoms with E-state index in [2.05, 4.69) is 39.7 Å². The summed E-state index contributed by atoms with van der Waals surface area (Å²) in [7, 11) is 0. The van der Waals surface area contributed by atoms with Crippen molar-refractivity contribution in [3.8, 4) is 0 Å². The van der Waals surface area contributed by atoms with Gasteiger partial charge in [-0.15, -0.1) is 0 Å². The fourth-order valence-corrected chi connectivity index (χ4v) is 4.08. The highest BCUT2D eigenvalue weighted by atomic mass is 79.9. The molecule has 0 saturated carbocycles. The normalized spacial score (nSPS) is 18.1. The second-order valence-corrected chi connectivity index (χ2v) is 10.5. The average molecular weight is 471 g/mol. The summed E-state index contributed by atoms with van der Waals surface area (Å²) >= 11 is 3.63. The van der Waals surface area contributed by atoms with Gasteiger partial charge in [0.25, 0.3) is 0 Å². The third kappa shape index (κ3) is 6.40. The van der Waals surface area contributed by atoms with Gasteiger partial charge in [0.2, 0.25) is 0 Å². The topological polar surface area (TPSA) is 71.9 Å². The Labute approximate surface area is 183 Å². The molecule has 1 aliphatic heterocycles. The molecule has 0 spiro atoms. The van der Waals surface area contributed by atoms with E-state index in [1.54, 1.807) is 6.20 Å². The minimum atomic E-state index is -0.904. The molecule has 0 bridgehead atoms. The highest BCUT2D eigenvalue weighted by Gasteiger charge is 2.35. The predicted octanol–water partition coefficient (Wildman–Crippen LogP) is 4.77. The highest BCUT2D eigenvalue weighted by molar-refractivity contribution is 9.10. The molecule has 0 radical (unpaired) electrons. The van der Waals surface area contributed by atoms with E-state index in [4.69, 9.17) is 9.47 Å². The molecule has 1 aromatic rings. The number of aliphatic hydroxyl groups excluding tert-OH is 1. The monoisotopic (exact) mass is 470 g/mol. The van der Waals surface area contributed by atoms with Crippen LogP contribution < -0.4 is 4.90 Å². The van der Waals surface area contributed by atoms with Crippen molar-refractivity contribution in [2.45, 2.75) is 85.7 Å². The summed E-state index contributed by atoms with van der Waals surface area (Å²) in [6.45, 7) is 15.5. The first-order chi connectivity index (χ1) is 13.3. The Morgan fingerprint density at radius 3 is 2.38 bits per heavy atom. The van der Waals surface area contributed by atoms with Gasteiger partial charge in [0.1, 0.15) is 0 Å². The summed E-state index contributed by atoms with van der Waals surface area (Å²) in [5.41, 5.74) is 1.79. The van der Waals surface area contributed by atoms with E-state index in [1.165, 1.54) is 0 Å². The number of rotatable bonds is 6. The lowest BCUT2D eigenvalue weighted by molar-refractivity contribution is -0.171. The summed E-state index contributed by atoms with van der Waals surface area (Å²) in [5.74, 6) is -0.432. The van der Waals surface area contributed by atoms with Crippen LogP contribution in [0.3, 0.4) is 0 Å². The van der Waals surface area contributed by atoms with E-state index >= 15 is 0 Å². The Morgan fingerprint density at radius 1 is 1.31 bits per heavy atom. The quantitative estimate of drug-likeness (QED) is 0.603. The van der Waals surface area contributed by atoms with Gasteiger partial charge in [-0.05, 0) is 68.8 Å². The number of aliphatic hydroxyl groups is 1. The molecule has 0 amide bonds. The van der Waals surface area contributed by atoms with Crippen LogP contribution in [0.15, 0.2) is 10.7 Å². The Morgan fingerprint density at radius 2 is 1.90 bits per heavy atom. The van der Waals surface area contributed by atoms with Crippen LogP contribution >= 0.6 is 15.9 Å². The van der Waals surface area contributed by atoms with Crippen LogP contribution in [0, 0.1) is 5.41 Å². The fraction of sp³-hybridized carbons (Fsp3) is 0.727. The van der Waals surface area contributed by atoms with Crippen LogP contribution in [0.4, 0.5) is 5.69 Å². The van der Waals surface area contributed by atoms with Crippen molar-refractivity contribution in [1.29, 1.82) is 0 Å². The number of anilines is 1. The van der Waals surface area contributed by atoms with Gasteiger partial charge in [0.15, 0.2) is 6.10 Å². The lowest BCUT2D eigenvalue weighted by Gasteiger charge is -2.40. The number of aromatic nitrogens is 1. The summed E-state index contributed by atoms with van der Waals surface area (Å²) in [6, 6.07) is 0. The number of hydrogen-bond donors (Lipinski definition) is 1.